The Hall–Kier alpha value is -0.0800. The van der Waals surface area contributed by atoms with E-state index in [1.165, 1.54) is 45.2 Å². The van der Waals surface area contributed by atoms with Gasteiger partial charge in [0.25, 0.3) is 0 Å². The van der Waals surface area contributed by atoms with Gasteiger partial charge in [-0.15, -0.1) is 0 Å². The monoisotopic (exact) mass is 256 g/mol. The zero-order valence-corrected chi connectivity index (χ0v) is 13.5. The summed E-state index contributed by atoms with van der Waals surface area (Å²) in [5, 5.41) is 0. The van der Waals surface area contributed by atoms with Crippen LogP contribution in [0.1, 0.15) is 66.7 Å². The largest absolute Gasteiger partial charge is 0.330 e. The molecule has 0 spiro atoms. The van der Waals surface area contributed by atoms with Crippen LogP contribution in [0.3, 0.4) is 0 Å². The number of hydrogen-bond acceptors (Lipinski definition) is 2. The number of rotatable bonds is 11. The predicted octanol–water partition coefficient (Wildman–Crippen LogP) is 3.90. The molecule has 2 nitrogen and oxygen atoms in total. The zero-order valence-electron chi connectivity index (χ0n) is 13.5. The maximum absolute atomic E-state index is 5.87. The second-order valence-corrected chi connectivity index (χ2v) is 6.52. The average molecular weight is 256 g/mol. The summed E-state index contributed by atoms with van der Waals surface area (Å²) in [5.41, 5.74) is 6.12. The zero-order chi connectivity index (χ0) is 14.0. The van der Waals surface area contributed by atoms with Gasteiger partial charge >= 0.3 is 0 Å². The van der Waals surface area contributed by atoms with E-state index in [0.29, 0.717) is 0 Å². The molecule has 0 fully saturated rings. The van der Waals surface area contributed by atoms with Crippen LogP contribution in [-0.4, -0.2) is 31.1 Å². The van der Waals surface area contributed by atoms with Crippen molar-refractivity contribution in [1.29, 1.82) is 0 Å². The molecule has 0 rings (SSSR count). The summed E-state index contributed by atoms with van der Waals surface area (Å²) in [5.74, 6) is 0.866. The molecule has 0 aliphatic rings. The van der Waals surface area contributed by atoms with Crippen molar-refractivity contribution in [3.63, 3.8) is 0 Å². The van der Waals surface area contributed by atoms with Crippen LogP contribution in [0.25, 0.3) is 0 Å². The van der Waals surface area contributed by atoms with E-state index in [2.05, 4.69) is 39.5 Å². The van der Waals surface area contributed by atoms with Gasteiger partial charge in [-0.2, -0.15) is 0 Å². The molecule has 0 aliphatic carbocycles. The van der Waals surface area contributed by atoms with Crippen LogP contribution in [0.15, 0.2) is 0 Å². The first kappa shape index (κ1) is 17.9. The van der Waals surface area contributed by atoms with Crippen molar-refractivity contribution in [2.45, 2.75) is 66.7 Å². The van der Waals surface area contributed by atoms with E-state index in [-0.39, 0.29) is 5.41 Å². The molecule has 0 heterocycles. The van der Waals surface area contributed by atoms with Crippen LogP contribution < -0.4 is 5.73 Å². The lowest BCUT2D eigenvalue weighted by Crippen LogP contribution is -2.41. The van der Waals surface area contributed by atoms with Crippen LogP contribution in [-0.2, 0) is 0 Å². The first-order valence-electron chi connectivity index (χ1n) is 7.91. The number of nitrogens with zero attached hydrogens (tertiary/aromatic N) is 1. The van der Waals surface area contributed by atoms with E-state index < -0.39 is 0 Å². The normalized spacial score (nSPS) is 14.2. The average Bonchev–Trinajstić information content (AvgIpc) is 2.34. The lowest BCUT2D eigenvalue weighted by molar-refractivity contribution is 0.154. The third kappa shape index (κ3) is 8.10. The van der Waals surface area contributed by atoms with E-state index in [9.17, 15) is 0 Å². The molecule has 0 bridgehead atoms. The molecule has 0 amide bonds. The Kier molecular flexibility index (Phi) is 9.76. The highest BCUT2D eigenvalue weighted by atomic mass is 15.1. The molecule has 0 aromatic rings. The molecule has 110 valence electrons. The van der Waals surface area contributed by atoms with Crippen molar-refractivity contribution in [2.24, 2.45) is 17.1 Å². The molecule has 2 heteroatoms. The Morgan fingerprint density at radius 3 is 2.22 bits per heavy atom. The predicted molar refractivity (Wildman–Crippen MR) is 82.9 cm³/mol. The Labute approximate surface area is 115 Å². The summed E-state index contributed by atoms with van der Waals surface area (Å²) < 4.78 is 0. The second kappa shape index (κ2) is 9.80. The molecular formula is C16H36N2. The minimum Gasteiger partial charge on any atom is -0.330 e. The fourth-order valence-corrected chi connectivity index (χ4v) is 2.50. The Morgan fingerprint density at radius 1 is 1.11 bits per heavy atom. The topological polar surface area (TPSA) is 29.3 Å². The van der Waals surface area contributed by atoms with Gasteiger partial charge in [0.05, 0.1) is 0 Å². The maximum atomic E-state index is 5.87. The van der Waals surface area contributed by atoms with Crippen molar-refractivity contribution in [3.05, 3.63) is 0 Å². The quantitative estimate of drug-likeness (QED) is 0.607. The van der Waals surface area contributed by atoms with Crippen LogP contribution in [0.2, 0.25) is 0 Å². The third-order valence-corrected chi connectivity index (χ3v) is 3.80. The minimum atomic E-state index is 0.248. The molecule has 18 heavy (non-hydrogen) atoms. The van der Waals surface area contributed by atoms with Crippen molar-refractivity contribution in [2.75, 3.05) is 26.2 Å². The molecule has 0 aliphatic heterocycles. The molecular weight excluding hydrogens is 220 g/mol. The second-order valence-electron chi connectivity index (χ2n) is 6.52. The third-order valence-electron chi connectivity index (χ3n) is 3.80. The standard InChI is InChI=1S/C16H36N2/c1-6-9-10-15(8-3)12-18(11-7-2)14-16(4,5)13-17/h15H,6-14,17H2,1-5H3. The van der Waals surface area contributed by atoms with Gasteiger partial charge in [-0.3, -0.25) is 0 Å². The number of hydrogen-bond donors (Lipinski definition) is 1. The van der Waals surface area contributed by atoms with Crippen molar-refractivity contribution < 1.29 is 0 Å². The van der Waals surface area contributed by atoms with Gasteiger partial charge in [-0.25, -0.2) is 0 Å². The van der Waals surface area contributed by atoms with Gasteiger partial charge in [0.2, 0.25) is 0 Å². The van der Waals surface area contributed by atoms with Gasteiger partial charge in [0.1, 0.15) is 0 Å². The molecule has 0 radical (unpaired) electrons. The summed E-state index contributed by atoms with van der Waals surface area (Å²) in [4.78, 5) is 2.64. The SMILES string of the molecule is CCCCC(CC)CN(CCC)CC(C)(C)CN. The van der Waals surface area contributed by atoms with Crippen LogP contribution >= 0.6 is 0 Å². The fraction of sp³-hybridized carbons (Fsp3) is 1.00. The summed E-state index contributed by atoms with van der Waals surface area (Å²) in [6, 6.07) is 0. The first-order valence-corrected chi connectivity index (χ1v) is 7.91. The van der Waals surface area contributed by atoms with E-state index >= 15 is 0 Å². The first-order chi connectivity index (χ1) is 8.49. The van der Waals surface area contributed by atoms with E-state index in [0.717, 1.165) is 19.0 Å². The highest BCUT2D eigenvalue weighted by Gasteiger charge is 2.21. The highest BCUT2D eigenvalue weighted by molar-refractivity contribution is 4.76. The fourth-order valence-electron chi connectivity index (χ4n) is 2.50. The Balaban J connectivity index is 4.30. The lowest BCUT2D eigenvalue weighted by Gasteiger charge is -2.34. The van der Waals surface area contributed by atoms with Gasteiger partial charge in [-0.1, -0.05) is 53.9 Å². The van der Waals surface area contributed by atoms with Crippen molar-refractivity contribution >= 4 is 0 Å². The Morgan fingerprint density at radius 2 is 1.78 bits per heavy atom. The highest BCUT2D eigenvalue weighted by Crippen LogP contribution is 2.19. The summed E-state index contributed by atoms with van der Waals surface area (Å²) in [6.45, 7) is 15.8. The van der Waals surface area contributed by atoms with Gasteiger partial charge in [0, 0.05) is 13.1 Å². The summed E-state index contributed by atoms with van der Waals surface area (Å²) in [7, 11) is 0. The molecule has 1 atom stereocenters. The van der Waals surface area contributed by atoms with E-state index in [4.69, 9.17) is 5.73 Å². The molecule has 2 N–H and O–H groups in total. The lowest BCUT2D eigenvalue weighted by atomic mass is 9.91. The molecule has 0 aromatic heterocycles. The van der Waals surface area contributed by atoms with E-state index in [1.54, 1.807) is 0 Å². The smallest absolute Gasteiger partial charge is 0.00449 e. The van der Waals surface area contributed by atoms with E-state index in [1.807, 2.05) is 0 Å². The number of unbranched alkanes of at least 4 members (excludes halogenated alkanes) is 1. The molecule has 0 saturated heterocycles. The summed E-state index contributed by atoms with van der Waals surface area (Å²) in [6.07, 6.45) is 6.63. The van der Waals surface area contributed by atoms with Crippen LogP contribution in [0, 0.1) is 11.3 Å². The molecule has 0 saturated carbocycles. The van der Waals surface area contributed by atoms with Crippen molar-refractivity contribution in [1.82, 2.24) is 4.90 Å². The van der Waals surface area contributed by atoms with Crippen LogP contribution in [0.5, 0.6) is 0 Å². The van der Waals surface area contributed by atoms with Crippen LogP contribution in [0.4, 0.5) is 0 Å². The summed E-state index contributed by atoms with van der Waals surface area (Å²) >= 11 is 0. The molecule has 1 unspecified atom stereocenters. The molecule has 0 aromatic carbocycles. The van der Waals surface area contributed by atoms with Gasteiger partial charge in [0.15, 0.2) is 0 Å². The number of nitrogens with two attached hydrogens (primary N) is 1. The van der Waals surface area contributed by atoms with Crippen molar-refractivity contribution in [3.8, 4) is 0 Å². The minimum absolute atomic E-state index is 0.248. The van der Waals surface area contributed by atoms with Gasteiger partial charge in [-0.05, 0) is 37.3 Å². The maximum Gasteiger partial charge on any atom is 0.00449 e. The van der Waals surface area contributed by atoms with Gasteiger partial charge < -0.3 is 10.6 Å². The Bertz CT molecular complexity index is 190.